The Balaban J connectivity index is 1.06. The summed E-state index contributed by atoms with van der Waals surface area (Å²) in [6, 6.07) is 63.0. The Labute approximate surface area is 313 Å². The first-order valence-corrected chi connectivity index (χ1v) is 19.1. The van der Waals surface area contributed by atoms with E-state index in [-0.39, 0.29) is 0 Å². The minimum absolute atomic E-state index is 0.870. The molecule has 3 nitrogen and oxygen atoms in total. The summed E-state index contributed by atoms with van der Waals surface area (Å²) < 4.78 is 15.9. The number of hydrogen-bond donors (Lipinski definition) is 0. The number of benzene rings is 9. The molecule has 0 saturated carbocycles. The summed E-state index contributed by atoms with van der Waals surface area (Å²) in [5, 5.41) is 11.6. The van der Waals surface area contributed by atoms with Crippen LogP contribution in [0.25, 0.3) is 96.7 Å². The molecule has 0 N–H and O–H groups in total. The van der Waals surface area contributed by atoms with Gasteiger partial charge in [-0.15, -0.1) is 11.3 Å². The second-order valence-corrected chi connectivity index (χ2v) is 15.1. The highest BCUT2D eigenvalue weighted by molar-refractivity contribution is 7.26. The molecule has 0 atom stereocenters. The summed E-state index contributed by atoms with van der Waals surface area (Å²) in [6.45, 7) is 0. The number of hydrogen-bond acceptors (Lipinski definition) is 4. The molecule has 54 heavy (non-hydrogen) atoms. The van der Waals surface area contributed by atoms with Gasteiger partial charge in [-0.2, -0.15) is 0 Å². The van der Waals surface area contributed by atoms with Gasteiger partial charge in [0.1, 0.15) is 16.7 Å². The summed E-state index contributed by atoms with van der Waals surface area (Å²) >= 11 is 1.84. The summed E-state index contributed by atoms with van der Waals surface area (Å²) in [4.78, 5) is 2.38. The first-order chi connectivity index (χ1) is 26.8. The lowest BCUT2D eigenvalue weighted by atomic mass is 10.0. The van der Waals surface area contributed by atoms with Gasteiger partial charge in [0.2, 0.25) is 0 Å². The van der Waals surface area contributed by atoms with Crippen molar-refractivity contribution in [1.82, 2.24) is 0 Å². The molecule has 0 spiro atoms. The topological polar surface area (TPSA) is 29.5 Å². The molecule has 3 aromatic heterocycles. The maximum absolute atomic E-state index is 6.94. The molecule has 0 aliphatic carbocycles. The van der Waals surface area contributed by atoms with Gasteiger partial charge in [0.05, 0.1) is 11.4 Å². The SMILES string of the molecule is c1ccc2c(c1)ccc1c3cc(-c4ccc(N(c5cccc6c5oc5c7ccccc7ccc65)c5cccc6sc7ccccc7c56)cc4)ccc3oc21. The van der Waals surface area contributed by atoms with Crippen LogP contribution in [-0.4, -0.2) is 0 Å². The van der Waals surface area contributed by atoms with E-state index in [4.69, 9.17) is 8.83 Å². The minimum atomic E-state index is 0.870. The van der Waals surface area contributed by atoms with Crippen LogP contribution in [0.1, 0.15) is 0 Å². The van der Waals surface area contributed by atoms with Crippen LogP contribution in [0.2, 0.25) is 0 Å². The Hall–Kier alpha value is -6.88. The highest BCUT2D eigenvalue weighted by atomic mass is 32.1. The summed E-state index contributed by atoms with van der Waals surface area (Å²) in [7, 11) is 0. The Bertz CT molecular complexity index is 3460. The number of furan rings is 2. The second-order valence-electron chi connectivity index (χ2n) is 14.0. The standard InChI is InChI=1S/C50H29NO2S/c1-3-11-35-31(9-1)22-27-39-41-29-33(23-28-44(41)52-48(35)39)30-19-24-34(25-20-30)51(42-15-8-18-46-47(42)40-13-5-6-17-45(40)54-46)43-16-7-14-37-38-26-21-32-10-2-4-12-36(32)49(38)53-50(37)43/h1-29H. The zero-order valence-electron chi connectivity index (χ0n) is 28.9. The lowest BCUT2D eigenvalue weighted by Gasteiger charge is -2.26. The quantitative estimate of drug-likeness (QED) is 0.182. The predicted molar refractivity (Wildman–Crippen MR) is 229 cm³/mol. The average Bonchev–Trinajstić information content (AvgIpc) is 3.93. The Morgan fingerprint density at radius 3 is 1.76 bits per heavy atom. The van der Waals surface area contributed by atoms with Crippen LogP contribution in [0, 0.1) is 0 Å². The molecule has 0 unspecified atom stereocenters. The fraction of sp³-hybridized carbons (Fsp3) is 0. The molecule has 12 aromatic rings. The van der Waals surface area contributed by atoms with Crippen molar-refractivity contribution in [3.63, 3.8) is 0 Å². The van der Waals surface area contributed by atoms with Crippen molar-refractivity contribution in [2.24, 2.45) is 0 Å². The van der Waals surface area contributed by atoms with Gasteiger partial charge in [0, 0.05) is 58.2 Å². The number of para-hydroxylation sites is 1. The Morgan fingerprint density at radius 1 is 0.370 bits per heavy atom. The highest BCUT2D eigenvalue weighted by Gasteiger charge is 2.23. The second kappa shape index (κ2) is 11.3. The molecule has 0 amide bonds. The zero-order chi connectivity index (χ0) is 35.3. The van der Waals surface area contributed by atoms with Gasteiger partial charge >= 0.3 is 0 Å². The van der Waals surface area contributed by atoms with Crippen molar-refractivity contribution in [3.8, 4) is 11.1 Å². The van der Waals surface area contributed by atoms with E-state index in [0.29, 0.717) is 0 Å². The molecular weight excluding hydrogens is 679 g/mol. The van der Waals surface area contributed by atoms with Gasteiger partial charge in [0.15, 0.2) is 5.58 Å². The molecule has 0 fully saturated rings. The van der Waals surface area contributed by atoms with Gasteiger partial charge in [-0.3, -0.25) is 0 Å². The first kappa shape index (κ1) is 29.7. The maximum Gasteiger partial charge on any atom is 0.159 e. The molecule has 3 heterocycles. The monoisotopic (exact) mass is 707 g/mol. The number of anilines is 3. The van der Waals surface area contributed by atoms with E-state index >= 15 is 0 Å². The van der Waals surface area contributed by atoms with E-state index < -0.39 is 0 Å². The van der Waals surface area contributed by atoms with Gasteiger partial charge < -0.3 is 13.7 Å². The summed E-state index contributed by atoms with van der Waals surface area (Å²) in [5.74, 6) is 0. The molecule has 0 saturated heterocycles. The van der Waals surface area contributed by atoms with Crippen molar-refractivity contribution >= 4 is 114 Å². The van der Waals surface area contributed by atoms with E-state index in [9.17, 15) is 0 Å². The van der Waals surface area contributed by atoms with Crippen LogP contribution >= 0.6 is 11.3 Å². The van der Waals surface area contributed by atoms with Gasteiger partial charge in [-0.05, 0) is 82.6 Å². The summed E-state index contributed by atoms with van der Waals surface area (Å²) in [5.41, 5.74) is 9.09. The number of nitrogens with zero attached hydrogens (tertiary/aromatic N) is 1. The fourth-order valence-electron chi connectivity index (χ4n) is 8.52. The third-order valence-corrected chi connectivity index (χ3v) is 12.2. The Kier molecular flexibility index (Phi) is 6.21. The zero-order valence-corrected chi connectivity index (χ0v) is 29.7. The van der Waals surface area contributed by atoms with E-state index in [1.807, 2.05) is 11.3 Å². The van der Waals surface area contributed by atoms with Crippen LogP contribution in [0.15, 0.2) is 185 Å². The van der Waals surface area contributed by atoms with Crippen LogP contribution in [0.3, 0.4) is 0 Å². The smallest absolute Gasteiger partial charge is 0.159 e. The lowest BCUT2D eigenvalue weighted by Crippen LogP contribution is -2.10. The average molecular weight is 708 g/mol. The number of rotatable bonds is 4. The van der Waals surface area contributed by atoms with E-state index in [0.717, 1.165) is 82.8 Å². The normalized spacial score (nSPS) is 12.1. The largest absolute Gasteiger partial charge is 0.455 e. The van der Waals surface area contributed by atoms with Crippen LogP contribution in [0.5, 0.6) is 0 Å². The summed E-state index contributed by atoms with van der Waals surface area (Å²) in [6.07, 6.45) is 0. The van der Waals surface area contributed by atoms with E-state index in [1.54, 1.807) is 0 Å². The van der Waals surface area contributed by atoms with Gasteiger partial charge in [-0.1, -0.05) is 115 Å². The fourth-order valence-corrected chi connectivity index (χ4v) is 9.65. The van der Waals surface area contributed by atoms with E-state index in [1.165, 1.54) is 30.9 Å². The molecule has 4 heteroatoms. The minimum Gasteiger partial charge on any atom is -0.455 e. The molecule has 0 radical (unpaired) electrons. The lowest BCUT2D eigenvalue weighted by molar-refractivity contribution is 0.672. The first-order valence-electron chi connectivity index (χ1n) is 18.2. The van der Waals surface area contributed by atoms with Crippen LogP contribution in [-0.2, 0) is 0 Å². The molecule has 9 aromatic carbocycles. The highest BCUT2D eigenvalue weighted by Crippen LogP contribution is 2.48. The van der Waals surface area contributed by atoms with Crippen molar-refractivity contribution in [2.75, 3.05) is 4.90 Å². The predicted octanol–water partition coefficient (Wildman–Crippen LogP) is 15.3. The van der Waals surface area contributed by atoms with Crippen molar-refractivity contribution in [1.29, 1.82) is 0 Å². The van der Waals surface area contributed by atoms with Crippen molar-refractivity contribution in [2.45, 2.75) is 0 Å². The molecule has 12 rings (SSSR count). The van der Waals surface area contributed by atoms with E-state index in [2.05, 4.69) is 181 Å². The molecular formula is C50H29NO2S. The van der Waals surface area contributed by atoms with Gasteiger partial charge in [-0.25, -0.2) is 0 Å². The van der Waals surface area contributed by atoms with Gasteiger partial charge in [0.25, 0.3) is 0 Å². The molecule has 0 aliphatic rings. The third-order valence-electron chi connectivity index (χ3n) is 11.1. The molecule has 0 bridgehead atoms. The van der Waals surface area contributed by atoms with Crippen LogP contribution < -0.4 is 4.90 Å². The number of fused-ring (bicyclic) bond motifs is 13. The van der Waals surface area contributed by atoms with Crippen LogP contribution in [0.4, 0.5) is 17.1 Å². The van der Waals surface area contributed by atoms with Crippen molar-refractivity contribution in [3.05, 3.63) is 176 Å². The Morgan fingerprint density at radius 2 is 0.963 bits per heavy atom. The maximum atomic E-state index is 6.94. The third kappa shape index (κ3) is 4.29. The number of thiophene rings is 1. The molecule has 252 valence electrons. The molecule has 0 aliphatic heterocycles. The van der Waals surface area contributed by atoms with Crippen molar-refractivity contribution < 1.29 is 8.83 Å².